The summed E-state index contributed by atoms with van der Waals surface area (Å²) in [6, 6.07) is 39.1. The lowest BCUT2D eigenvalue weighted by Crippen LogP contribution is -2.04. The summed E-state index contributed by atoms with van der Waals surface area (Å²) in [6.07, 6.45) is -9.44. The monoisotopic (exact) mass is 711 g/mol. The van der Waals surface area contributed by atoms with Crippen molar-refractivity contribution in [3.05, 3.63) is 156 Å². The van der Waals surface area contributed by atoms with Crippen LogP contribution in [-0.2, 0) is 12.4 Å². The fourth-order valence-electron chi connectivity index (χ4n) is 6.49. The highest BCUT2D eigenvalue weighted by molar-refractivity contribution is 6.10. The first-order valence-electron chi connectivity index (χ1n) is 16.2. The molecule has 8 rings (SSSR count). The first-order valence-corrected chi connectivity index (χ1v) is 16.2. The van der Waals surface area contributed by atoms with Crippen molar-refractivity contribution in [2.45, 2.75) is 12.4 Å². The van der Waals surface area contributed by atoms with Crippen LogP contribution in [0.1, 0.15) is 16.7 Å². The average molecular weight is 712 g/mol. The molecule has 0 radical (unpaired) electrons. The molecule has 2 heterocycles. The molecular formula is C42H23F6N5. The molecule has 8 aromatic rings. The van der Waals surface area contributed by atoms with E-state index in [1.807, 2.05) is 60.7 Å². The van der Waals surface area contributed by atoms with Crippen LogP contribution in [0.3, 0.4) is 0 Å². The van der Waals surface area contributed by atoms with Crippen molar-refractivity contribution in [3.63, 3.8) is 0 Å². The van der Waals surface area contributed by atoms with E-state index in [0.717, 1.165) is 35.4 Å². The number of nitrogens with zero attached hydrogens (tertiary/aromatic N) is 5. The summed E-state index contributed by atoms with van der Waals surface area (Å²) in [7, 11) is 0. The van der Waals surface area contributed by atoms with Gasteiger partial charge in [-0.1, -0.05) is 78.9 Å². The van der Waals surface area contributed by atoms with Gasteiger partial charge >= 0.3 is 12.4 Å². The number of rotatable bonds is 5. The Hall–Kier alpha value is -6.80. The predicted molar refractivity (Wildman–Crippen MR) is 191 cm³/mol. The summed E-state index contributed by atoms with van der Waals surface area (Å²) in [6.45, 7) is 0. The van der Waals surface area contributed by atoms with Crippen LogP contribution in [0.2, 0.25) is 0 Å². The molecule has 0 N–H and O–H groups in total. The van der Waals surface area contributed by atoms with Gasteiger partial charge in [0.05, 0.1) is 33.8 Å². The fraction of sp³-hybridized carbons (Fsp3) is 0.0476. The van der Waals surface area contributed by atoms with Gasteiger partial charge in [0.1, 0.15) is 0 Å². The van der Waals surface area contributed by atoms with Gasteiger partial charge in [-0.15, -0.1) is 0 Å². The molecule has 6 aromatic carbocycles. The number of benzene rings is 6. The average Bonchev–Trinajstić information content (AvgIpc) is 3.50. The van der Waals surface area contributed by atoms with Gasteiger partial charge < -0.3 is 4.57 Å². The third-order valence-corrected chi connectivity index (χ3v) is 8.96. The van der Waals surface area contributed by atoms with Crippen molar-refractivity contribution in [1.29, 1.82) is 5.26 Å². The zero-order chi connectivity index (χ0) is 36.9. The minimum Gasteiger partial charge on any atom is -0.309 e. The van der Waals surface area contributed by atoms with E-state index < -0.39 is 23.5 Å². The molecule has 53 heavy (non-hydrogen) atoms. The van der Waals surface area contributed by atoms with Crippen molar-refractivity contribution in [2.24, 2.45) is 0 Å². The molecule has 0 saturated heterocycles. The Balaban J connectivity index is 1.42. The molecule has 0 unspecified atom stereocenters. The van der Waals surface area contributed by atoms with Gasteiger partial charge in [0.25, 0.3) is 0 Å². The molecule has 258 valence electrons. The van der Waals surface area contributed by atoms with Crippen LogP contribution in [0.5, 0.6) is 0 Å². The Morgan fingerprint density at radius 2 is 0.962 bits per heavy atom. The van der Waals surface area contributed by atoms with E-state index in [0.29, 0.717) is 45.4 Å². The largest absolute Gasteiger partial charge is 0.416 e. The van der Waals surface area contributed by atoms with Crippen LogP contribution >= 0.6 is 0 Å². The van der Waals surface area contributed by atoms with Crippen molar-refractivity contribution in [3.8, 4) is 57.0 Å². The highest BCUT2D eigenvalue weighted by atomic mass is 19.4. The Labute approximate surface area is 298 Å². The quantitative estimate of drug-likeness (QED) is 0.167. The Morgan fingerprint density at radius 3 is 1.47 bits per heavy atom. The zero-order valence-corrected chi connectivity index (χ0v) is 27.3. The second-order valence-electron chi connectivity index (χ2n) is 12.2. The van der Waals surface area contributed by atoms with Gasteiger partial charge in [-0.3, -0.25) is 0 Å². The van der Waals surface area contributed by atoms with Crippen LogP contribution in [-0.4, -0.2) is 19.5 Å². The van der Waals surface area contributed by atoms with Crippen molar-refractivity contribution < 1.29 is 26.3 Å². The molecule has 5 nitrogen and oxygen atoms in total. The summed E-state index contributed by atoms with van der Waals surface area (Å²) >= 11 is 0. The lowest BCUT2D eigenvalue weighted by molar-refractivity contribution is -0.138. The van der Waals surface area contributed by atoms with Gasteiger partial charge in [0, 0.05) is 38.7 Å². The maximum Gasteiger partial charge on any atom is 0.416 e. The maximum absolute atomic E-state index is 13.9. The number of halogens is 6. The third-order valence-electron chi connectivity index (χ3n) is 8.96. The summed E-state index contributed by atoms with van der Waals surface area (Å²) < 4.78 is 84.9. The molecule has 0 saturated carbocycles. The molecule has 0 spiro atoms. The Bertz CT molecular complexity index is 2580. The molecule has 0 fully saturated rings. The number of hydrogen-bond acceptors (Lipinski definition) is 4. The second-order valence-corrected chi connectivity index (χ2v) is 12.2. The molecule has 0 aliphatic carbocycles. The summed E-state index contributed by atoms with van der Waals surface area (Å²) in [5, 5.41) is 10.2. The maximum atomic E-state index is 13.9. The predicted octanol–water partition coefficient (Wildman–Crippen LogP) is 11.5. The number of nitriles is 1. The van der Waals surface area contributed by atoms with Crippen LogP contribution in [0.25, 0.3) is 72.8 Å². The molecule has 2 aromatic heterocycles. The van der Waals surface area contributed by atoms with E-state index in [-0.39, 0.29) is 21.8 Å². The highest BCUT2D eigenvalue weighted by Crippen LogP contribution is 2.42. The van der Waals surface area contributed by atoms with Crippen molar-refractivity contribution >= 4 is 21.8 Å². The van der Waals surface area contributed by atoms with Crippen molar-refractivity contribution in [1.82, 2.24) is 19.5 Å². The van der Waals surface area contributed by atoms with E-state index in [4.69, 9.17) is 15.0 Å². The molecule has 0 atom stereocenters. The summed E-state index contributed by atoms with van der Waals surface area (Å²) in [5.41, 5.74) is 2.35. The smallest absolute Gasteiger partial charge is 0.309 e. The van der Waals surface area contributed by atoms with Gasteiger partial charge in [-0.2, -0.15) is 31.6 Å². The minimum absolute atomic E-state index is 0.00134. The van der Waals surface area contributed by atoms with Crippen LogP contribution in [0.15, 0.2) is 140 Å². The minimum atomic E-state index is -4.72. The fourth-order valence-corrected chi connectivity index (χ4v) is 6.49. The number of fused-ring (bicyclic) bond motifs is 3. The van der Waals surface area contributed by atoms with Gasteiger partial charge in [0.15, 0.2) is 17.5 Å². The van der Waals surface area contributed by atoms with Crippen LogP contribution in [0.4, 0.5) is 26.3 Å². The first kappa shape index (κ1) is 33.3. The number of aromatic nitrogens is 4. The standard InChI is InChI=1S/C42H23F6N5/c43-41(44,45)28-15-19-36-34(21-28)35-22-29(42(46,47)48)16-20-37(35)53(36)30-17-18-32(33(23-30)31-14-8-7-13-27(31)24-49)40-51-38(25-9-3-1-4-10-25)50-39(52-40)26-11-5-2-6-12-26/h1-23H. The summed E-state index contributed by atoms with van der Waals surface area (Å²) in [4.78, 5) is 14.5. The van der Waals surface area contributed by atoms with E-state index >= 15 is 0 Å². The zero-order valence-electron chi connectivity index (χ0n) is 27.3. The molecular weight excluding hydrogens is 688 g/mol. The second kappa shape index (κ2) is 12.8. The topological polar surface area (TPSA) is 67.4 Å². The molecule has 0 aliphatic rings. The van der Waals surface area contributed by atoms with Gasteiger partial charge in [-0.25, -0.2) is 15.0 Å². The van der Waals surface area contributed by atoms with E-state index in [1.54, 1.807) is 47.0 Å². The van der Waals surface area contributed by atoms with Gasteiger partial charge in [0.2, 0.25) is 0 Å². The molecule has 0 amide bonds. The SMILES string of the molecule is N#Cc1ccccc1-c1cc(-n2c3ccc(C(F)(F)F)cc3c3cc(C(F)(F)F)ccc32)ccc1-c1nc(-c2ccccc2)nc(-c2ccccc2)n1. The number of hydrogen-bond donors (Lipinski definition) is 0. The van der Waals surface area contributed by atoms with E-state index in [2.05, 4.69) is 6.07 Å². The lowest BCUT2D eigenvalue weighted by Gasteiger charge is -2.16. The van der Waals surface area contributed by atoms with E-state index in [9.17, 15) is 31.6 Å². The number of alkyl halides is 6. The van der Waals surface area contributed by atoms with Crippen LogP contribution < -0.4 is 0 Å². The summed E-state index contributed by atoms with van der Waals surface area (Å²) in [5.74, 6) is 1.10. The first-order chi connectivity index (χ1) is 25.5. The molecule has 11 heteroatoms. The Kier molecular flexibility index (Phi) is 8.03. The van der Waals surface area contributed by atoms with Crippen molar-refractivity contribution in [2.75, 3.05) is 0 Å². The van der Waals surface area contributed by atoms with Gasteiger partial charge in [-0.05, 0) is 66.2 Å². The normalized spacial score (nSPS) is 11.9. The third kappa shape index (κ3) is 6.14. The van der Waals surface area contributed by atoms with E-state index in [1.165, 1.54) is 12.1 Å². The molecule has 0 bridgehead atoms. The van der Waals surface area contributed by atoms with Crippen LogP contribution in [0, 0.1) is 11.3 Å². The lowest BCUT2D eigenvalue weighted by atomic mass is 9.94. The Morgan fingerprint density at radius 1 is 0.472 bits per heavy atom. The highest BCUT2D eigenvalue weighted by Gasteiger charge is 2.33. The molecule has 0 aliphatic heterocycles.